The first-order valence-corrected chi connectivity index (χ1v) is 6.30. The molecule has 6 heteroatoms. The van der Waals surface area contributed by atoms with E-state index < -0.39 is 4.92 Å². The van der Waals surface area contributed by atoms with Crippen LogP contribution in [0.1, 0.15) is 10.4 Å². The van der Waals surface area contributed by atoms with Crippen molar-refractivity contribution in [3.05, 3.63) is 60.9 Å². The van der Waals surface area contributed by atoms with E-state index in [1.165, 1.54) is 6.07 Å². The molecule has 2 aromatic rings. The summed E-state index contributed by atoms with van der Waals surface area (Å²) in [6.45, 7) is 0. The average Bonchev–Trinajstić information content (AvgIpc) is 2.64. The highest BCUT2D eigenvalue weighted by molar-refractivity contribution is 7.15. The number of benzene rings is 1. The van der Waals surface area contributed by atoms with Gasteiger partial charge in [-0.3, -0.25) is 10.1 Å². The maximum atomic E-state index is 10.6. The first-order valence-electron chi connectivity index (χ1n) is 4.73. The van der Waals surface area contributed by atoms with Crippen LogP contribution in [0.2, 0.25) is 10.0 Å². The Hall–Kier alpha value is -1.10. The summed E-state index contributed by atoms with van der Waals surface area (Å²) in [5, 5.41) is 11.8. The molecule has 0 atom stereocenters. The molecule has 0 aliphatic heterocycles. The summed E-state index contributed by atoms with van der Waals surface area (Å²) in [7, 11) is 0. The Morgan fingerprint density at radius 3 is 2.41 bits per heavy atom. The lowest BCUT2D eigenvalue weighted by molar-refractivity contribution is -0.380. The van der Waals surface area contributed by atoms with Crippen LogP contribution in [-0.4, -0.2) is 4.92 Å². The Bertz CT molecular complexity index is 551. The van der Waals surface area contributed by atoms with Crippen molar-refractivity contribution in [2.24, 2.45) is 0 Å². The minimum Gasteiger partial charge on any atom is -0.258 e. The van der Waals surface area contributed by atoms with E-state index >= 15 is 0 Å². The zero-order valence-corrected chi connectivity index (χ0v) is 10.9. The van der Waals surface area contributed by atoms with Crippen LogP contribution in [-0.2, 0) is 6.42 Å². The van der Waals surface area contributed by atoms with E-state index in [0.29, 0.717) is 16.5 Å². The average molecular weight is 288 g/mol. The molecule has 1 aromatic heterocycles. The molecular formula is C11H7Cl2NO2S. The molecule has 0 aliphatic rings. The zero-order valence-electron chi connectivity index (χ0n) is 8.52. The molecule has 0 N–H and O–H groups in total. The van der Waals surface area contributed by atoms with Gasteiger partial charge >= 0.3 is 5.00 Å². The van der Waals surface area contributed by atoms with Gasteiger partial charge in [-0.15, -0.1) is 0 Å². The number of hydrogen-bond donors (Lipinski definition) is 0. The number of hydrogen-bond acceptors (Lipinski definition) is 3. The Balaban J connectivity index is 2.24. The van der Waals surface area contributed by atoms with Crippen LogP contribution in [0.5, 0.6) is 0 Å². The molecule has 88 valence electrons. The molecule has 0 bridgehead atoms. The minimum atomic E-state index is -0.429. The molecule has 0 saturated heterocycles. The molecule has 17 heavy (non-hydrogen) atoms. The van der Waals surface area contributed by atoms with Gasteiger partial charge in [0.25, 0.3) is 0 Å². The number of halogens is 2. The molecule has 0 amide bonds. The zero-order chi connectivity index (χ0) is 12.4. The molecule has 1 heterocycles. The molecule has 0 radical (unpaired) electrons. The SMILES string of the molecule is O=[N+]([O-])c1cc(Cl)c(Cc2ccc(Cl)cc2)s1. The second-order valence-electron chi connectivity index (χ2n) is 3.42. The van der Waals surface area contributed by atoms with Crippen molar-refractivity contribution in [3.63, 3.8) is 0 Å². The lowest BCUT2D eigenvalue weighted by atomic mass is 10.1. The van der Waals surface area contributed by atoms with Gasteiger partial charge in [0.2, 0.25) is 0 Å². The summed E-state index contributed by atoms with van der Waals surface area (Å²) in [4.78, 5) is 11.0. The second-order valence-corrected chi connectivity index (χ2v) is 5.37. The molecule has 0 aliphatic carbocycles. The van der Waals surface area contributed by atoms with Crippen molar-refractivity contribution in [1.82, 2.24) is 0 Å². The van der Waals surface area contributed by atoms with Gasteiger partial charge in [0.05, 0.1) is 9.95 Å². The molecule has 1 aromatic carbocycles. The first-order chi connectivity index (χ1) is 8.06. The lowest BCUT2D eigenvalue weighted by Gasteiger charge is -1.99. The van der Waals surface area contributed by atoms with Crippen LogP contribution in [0, 0.1) is 10.1 Å². The van der Waals surface area contributed by atoms with Crippen LogP contribution in [0.15, 0.2) is 30.3 Å². The van der Waals surface area contributed by atoms with Gasteiger partial charge in [0.1, 0.15) is 0 Å². The maximum absolute atomic E-state index is 10.6. The van der Waals surface area contributed by atoms with Crippen molar-refractivity contribution >= 4 is 39.5 Å². The fraction of sp³-hybridized carbons (Fsp3) is 0.0909. The van der Waals surface area contributed by atoms with E-state index in [1.807, 2.05) is 12.1 Å². The number of rotatable bonds is 3. The van der Waals surface area contributed by atoms with E-state index in [0.717, 1.165) is 21.8 Å². The van der Waals surface area contributed by atoms with Gasteiger partial charge in [-0.05, 0) is 17.7 Å². The predicted octanol–water partition coefficient (Wildman–Crippen LogP) is 4.55. The predicted molar refractivity (Wildman–Crippen MR) is 70.2 cm³/mol. The van der Waals surface area contributed by atoms with Crippen molar-refractivity contribution in [3.8, 4) is 0 Å². The topological polar surface area (TPSA) is 43.1 Å². The van der Waals surface area contributed by atoms with E-state index in [1.54, 1.807) is 12.1 Å². The van der Waals surface area contributed by atoms with E-state index in [4.69, 9.17) is 23.2 Å². The van der Waals surface area contributed by atoms with Gasteiger partial charge < -0.3 is 0 Å². The van der Waals surface area contributed by atoms with Crippen molar-refractivity contribution in [2.75, 3.05) is 0 Å². The van der Waals surface area contributed by atoms with Gasteiger partial charge in [-0.1, -0.05) is 46.7 Å². The summed E-state index contributed by atoms with van der Waals surface area (Å²) < 4.78 is 0. The minimum absolute atomic E-state index is 0.0685. The number of thiophene rings is 1. The van der Waals surface area contributed by atoms with Gasteiger partial charge in [0.15, 0.2) is 0 Å². The fourth-order valence-electron chi connectivity index (χ4n) is 1.39. The molecule has 3 nitrogen and oxygen atoms in total. The highest BCUT2D eigenvalue weighted by Gasteiger charge is 2.15. The van der Waals surface area contributed by atoms with Crippen molar-refractivity contribution in [1.29, 1.82) is 0 Å². The summed E-state index contributed by atoms with van der Waals surface area (Å²) in [6, 6.07) is 8.71. The van der Waals surface area contributed by atoms with Crippen molar-refractivity contribution < 1.29 is 4.92 Å². The molecule has 2 rings (SSSR count). The third-order valence-electron chi connectivity index (χ3n) is 2.20. The van der Waals surface area contributed by atoms with Crippen LogP contribution in [0.3, 0.4) is 0 Å². The molecular weight excluding hydrogens is 281 g/mol. The van der Waals surface area contributed by atoms with Gasteiger partial charge in [-0.25, -0.2) is 0 Å². The first kappa shape index (κ1) is 12.4. The Kier molecular flexibility index (Phi) is 3.66. The summed E-state index contributed by atoms with van der Waals surface area (Å²) in [5.41, 5.74) is 1.02. The molecule has 0 fully saturated rings. The highest BCUT2D eigenvalue weighted by Crippen LogP contribution is 2.34. The van der Waals surface area contributed by atoms with E-state index in [9.17, 15) is 10.1 Å². The largest absolute Gasteiger partial charge is 0.325 e. The second kappa shape index (κ2) is 5.04. The van der Waals surface area contributed by atoms with Crippen LogP contribution in [0.4, 0.5) is 5.00 Å². The maximum Gasteiger partial charge on any atom is 0.325 e. The number of nitro groups is 1. The summed E-state index contributed by atoms with van der Waals surface area (Å²) in [5.74, 6) is 0. The van der Waals surface area contributed by atoms with Crippen LogP contribution in [0.25, 0.3) is 0 Å². The standard InChI is InChI=1S/C11H7Cl2NO2S/c12-8-3-1-7(2-4-8)5-10-9(13)6-11(17-10)14(15)16/h1-4,6H,5H2. The monoisotopic (exact) mass is 287 g/mol. The van der Waals surface area contributed by atoms with Gasteiger partial charge in [-0.2, -0.15) is 0 Å². The Morgan fingerprint density at radius 1 is 1.24 bits per heavy atom. The molecule has 0 spiro atoms. The Morgan fingerprint density at radius 2 is 1.88 bits per heavy atom. The van der Waals surface area contributed by atoms with Gasteiger partial charge in [0, 0.05) is 22.4 Å². The normalized spacial score (nSPS) is 10.5. The molecule has 0 saturated carbocycles. The van der Waals surface area contributed by atoms with Crippen LogP contribution < -0.4 is 0 Å². The summed E-state index contributed by atoms with van der Waals surface area (Å²) >= 11 is 12.8. The third-order valence-corrected chi connectivity index (χ3v) is 3.99. The number of nitrogens with zero attached hydrogens (tertiary/aromatic N) is 1. The quantitative estimate of drug-likeness (QED) is 0.614. The third kappa shape index (κ3) is 2.97. The van der Waals surface area contributed by atoms with Crippen molar-refractivity contribution in [2.45, 2.75) is 6.42 Å². The highest BCUT2D eigenvalue weighted by atomic mass is 35.5. The lowest BCUT2D eigenvalue weighted by Crippen LogP contribution is -1.84. The van der Waals surface area contributed by atoms with E-state index in [-0.39, 0.29) is 5.00 Å². The fourth-order valence-corrected chi connectivity index (χ4v) is 2.77. The smallest absolute Gasteiger partial charge is 0.258 e. The Labute approximate surface area is 112 Å². The summed E-state index contributed by atoms with van der Waals surface area (Å²) in [6.07, 6.45) is 0.578. The van der Waals surface area contributed by atoms with E-state index in [2.05, 4.69) is 0 Å². The molecule has 0 unspecified atom stereocenters. The van der Waals surface area contributed by atoms with Crippen LogP contribution >= 0.6 is 34.5 Å².